The van der Waals surface area contributed by atoms with Gasteiger partial charge in [0.05, 0.1) is 12.5 Å². The Kier molecular flexibility index (Phi) is 5.16. The number of anilines is 2. The number of amides is 3. The fourth-order valence-corrected chi connectivity index (χ4v) is 3.53. The van der Waals surface area contributed by atoms with Crippen LogP contribution in [-0.4, -0.2) is 22.6 Å². The number of carbonyl (C=O) groups is 3. The average Bonchev–Trinajstić information content (AvgIpc) is 3.55. The summed E-state index contributed by atoms with van der Waals surface area (Å²) in [4.78, 5) is 38.1. The molecule has 1 saturated carbocycles. The number of fused-ring (bicyclic) bond motifs is 1. The van der Waals surface area contributed by atoms with Crippen LogP contribution in [0.25, 0.3) is 6.08 Å². The van der Waals surface area contributed by atoms with Crippen molar-refractivity contribution in [1.29, 1.82) is 0 Å². The minimum atomic E-state index is -0.342. The molecule has 2 aliphatic rings. The molecule has 0 spiro atoms. The summed E-state index contributed by atoms with van der Waals surface area (Å²) in [6.07, 6.45) is 5.69. The lowest BCUT2D eigenvalue weighted by molar-refractivity contribution is -0.129. The van der Waals surface area contributed by atoms with Gasteiger partial charge in [-0.1, -0.05) is 24.3 Å². The molecule has 1 aliphatic carbocycles. The molecule has 2 aromatic rings. The number of benzene rings is 2. The Labute approximate surface area is 169 Å². The van der Waals surface area contributed by atoms with Crippen LogP contribution in [0.15, 0.2) is 54.7 Å². The van der Waals surface area contributed by atoms with Crippen LogP contribution in [0.3, 0.4) is 0 Å². The van der Waals surface area contributed by atoms with Crippen molar-refractivity contribution in [3.63, 3.8) is 0 Å². The Morgan fingerprint density at radius 1 is 0.966 bits per heavy atom. The molecular formula is C23H23N3O3. The van der Waals surface area contributed by atoms with Crippen molar-refractivity contribution >= 4 is 35.2 Å². The van der Waals surface area contributed by atoms with E-state index in [9.17, 15) is 14.4 Å². The number of rotatable bonds is 5. The van der Waals surface area contributed by atoms with E-state index in [1.54, 1.807) is 35.4 Å². The van der Waals surface area contributed by atoms with Gasteiger partial charge in [-0.2, -0.15) is 0 Å². The lowest BCUT2D eigenvalue weighted by Gasteiger charge is -2.32. The average molecular weight is 389 g/mol. The van der Waals surface area contributed by atoms with Crippen molar-refractivity contribution in [2.24, 2.45) is 5.92 Å². The predicted molar refractivity (Wildman–Crippen MR) is 112 cm³/mol. The molecule has 148 valence electrons. The molecule has 4 rings (SSSR count). The largest absolute Gasteiger partial charge is 0.326 e. The van der Waals surface area contributed by atoms with Crippen LogP contribution in [0, 0.1) is 5.92 Å². The van der Waals surface area contributed by atoms with Crippen molar-refractivity contribution < 1.29 is 14.4 Å². The summed E-state index contributed by atoms with van der Waals surface area (Å²) >= 11 is 0. The van der Waals surface area contributed by atoms with Crippen molar-refractivity contribution in [2.45, 2.75) is 32.2 Å². The quantitative estimate of drug-likeness (QED) is 0.813. The van der Waals surface area contributed by atoms with Gasteiger partial charge in [0.1, 0.15) is 0 Å². The van der Waals surface area contributed by atoms with Crippen molar-refractivity contribution in [2.75, 3.05) is 10.6 Å². The minimum Gasteiger partial charge on any atom is -0.326 e. The number of hydrogen-bond acceptors (Lipinski definition) is 3. The Morgan fingerprint density at radius 2 is 1.62 bits per heavy atom. The summed E-state index contributed by atoms with van der Waals surface area (Å²) in [5.74, 6) is -0.0911. The second-order valence-corrected chi connectivity index (χ2v) is 7.48. The first-order valence-electron chi connectivity index (χ1n) is 9.78. The zero-order valence-corrected chi connectivity index (χ0v) is 16.2. The van der Waals surface area contributed by atoms with E-state index < -0.39 is 0 Å². The molecule has 2 N–H and O–H groups in total. The smallest absolute Gasteiger partial charge is 0.227 e. The van der Waals surface area contributed by atoms with E-state index in [2.05, 4.69) is 10.6 Å². The van der Waals surface area contributed by atoms with Gasteiger partial charge in [-0.05, 0) is 54.3 Å². The van der Waals surface area contributed by atoms with Gasteiger partial charge in [-0.15, -0.1) is 0 Å². The van der Waals surface area contributed by atoms with Gasteiger partial charge < -0.3 is 15.5 Å². The third kappa shape index (κ3) is 4.37. The van der Waals surface area contributed by atoms with E-state index >= 15 is 0 Å². The summed E-state index contributed by atoms with van der Waals surface area (Å²) < 4.78 is 0. The summed E-state index contributed by atoms with van der Waals surface area (Å²) in [6, 6.07) is 14.5. The highest BCUT2D eigenvalue weighted by Crippen LogP contribution is 2.33. The molecule has 1 heterocycles. The molecule has 0 radical (unpaired) electrons. The fourth-order valence-electron chi connectivity index (χ4n) is 3.53. The van der Waals surface area contributed by atoms with Gasteiger partial charge in [-0.3, -0.25) is 14.4 Å². The first-order valence-corrected chi connectivity index (χ1v) is 9.78. The second kappa shape index (κ2) is 7.91. The Morgan fingerprint density at radius 3 is 2.28 bits per heavy atom. The number of nitrogens with one attached hydrogen (secondary N) is 2. The number of nitrogens with zero attached hydrogens (tertiary/aromatic N) is 1. The first kappa shape index (κ1) is 18.9. The van der Waals surface area contributed by atoms with Crippen LogP contribution < -0.4 is 10.6 Å². The lowest BCUT2D eigenvalue weighted by atomic mass is 9.93. The highest BCUT2D eigenvalue weighted by molar-refractivity contribution is 5.95. The molecule has 2 aromatic carbocycles. The standard InChI is InChI=1S/C23H23N3O3/c1-15(27)26-13-12-16-4-2-3-5-20(16)21(26)14-22(28)24-18-8-10-19(11-9-18)25-23(29)17-6-7-17/h2-5,8-13,17,21H,6-7,14H2,1H3,(H,24,28)(H,25,29). The summed E-state index contributed by atoms with van der Waals surface area (Å²) in [6.45, 7) is 1.50. The number of carbonyl (C=O) groups excluding carboxylic acids is 3. The molecule has 6 nitrogen and oxygen atoms in total. The summed E-state index contributed by atoms with van der Waals surface area (Å²) in [5.41, 5.74) is 3.33. The third-order valence-electron chi connectivity index (χ3n) is 5.23. The van der Waals surface area contributed by atoms with Gasteiger partial charge in [0.15, 0.2) is 0 Å². The van der Waals surface area contributed by atoms with E-state index in [0.717, 1.165) is 24.0 Å². The van der Waals surface area contributed by atoms with E-state index in [4.69, 9.17) is 0 Å². The molecule has 6 heteroatoms. The zero-order valence-electron chi connectivity index (χ0n) is 16.2. The van der Waals surface area contributed by atoms with Gasteiger partial charge in [0.2, 0.25) is 17.7 Å². The maximum absolute atomic E-state index is 12.7. The van der Waals surface area contributed by atoms with Crippen LogP contribution in [0.4, 0.5) is 11.4 Å². The number of hydrogen-bond donors (Lipinski definition) is 2. The van der Waals surface area contributed by atoms with Gasteiger partial charge in [0.25, 0.3) is 0 Å². The topological polar surface area (TPSA) is 78.5 Å². The van der Waals surface area contributed by atoms with Crippen molar-refractivity contribution in [3.05, 3.63) is 65.9 Å². The third-order valence-corrected chi connectivity index (χ3v) is 5.23. The molecular weight excluding hydrogens is 366 g/mol. The lowest BCUT2D eigenvalue weighted by Crippen LogP contribution is -2.33. The first-order chi connectivity index (χ1) is 14.0. The van der Waals surface area contributed by atoms with Gasteiger partial charge in [0, 0.05) is 30.4 Å². The molecule has 0 saturated heterocycles. The van der Waals surface area contributed by atoms with Crippen LogP contribution >= 0.6 is 0 Å². The van der Waals surface area contributed by atoms with E-state index in [1.807, 2.05) is 30.3 Å². The summed E-state index contributed by atoms with van der Waals surface area (Å²) in [5, 5.41) is 5.76. The monoisotopic (exact) mass is 389 g/mol. The summed E-state index contributed by atoms with van der Waals surface area (Å²) in [7, 11) is 0. The molecule has 1 fully saturated rings. The van der Waals surface area contributed by atoms with Gasteiger partial charge >= 0.3 is 0 Å². The Hall–Kier alpha value is -3.41. The molecule has 1 aliphatic heterocycles. The van der Waals surface area contributed by atoms with Crippen LogP contribution in [-0.2, 0) is 14.4 Å². The Balaban J connectivity index is 1.42. The van der Waals surface area contributed by atoms with Crippen LogP contribution in [0.2, 0.25) is 0 Å². The van der Waals surface area contributed by atoms with Gasteiger partial charge in [-0.25, -0.2) is 0 Å². The second-order valence-electron chi connectivity index (χ2n) is 7.48. The van der Waals surface area contributed by atoms with E-state index in [1.165, 1.54) is 6.92 Å². The maximum Gasteiger partial charge on any atom is 0.227 e. The normalized spacial score (nSPS) is 17.4. The fraction of sp³-hybridized carbons (Fsp3) is 0.261. The molecule has 0 bridgehead atoms. The van der Waals surface area contributed by atoms with E-state index in [0.29, 0.717) is 11.4 Å². The zero-order chi connectivity index (χ0) is 20.4. The molecule has 3 amide bonds. The molecule has 1 unspecified atom stereocenters. The molecule has 1 atom stereocenters. The maximum atomic E-state index is 12.7. The highest BCUT2D eigenvalue weighted by atomic mass is 16.2. The molecule has 29 heavy (non-hydrogen) atoms. The van der Waals surface area contributed by atoms with E-state index in [-0.39, 0.29) is 36.1 Å². The van der Waals surface area contributed by atoms with Crippen molar-refractivity contribution in [1.82, 2.24) is 4.90 Å². The van der Waals surface area contributed by atoms with Crippen LogP contribution in [0.5, 0.6) is 0 Å². The Bertz CT molecular complexity index is 977. The van der Waals surface area contributed by atoms with Crippen molar-refractivity contribution in [3.8, 4) is 0 Å². The van der Waals surface area contributed by atoms with Crippen LogP contribution in [0.1, 0.15) is 43.4 Å². The predicted octanol–water partition coefficient (Wildman–Crippen LogP) is 3.94. The minimum absolute atomic E-state index is 0.0510. The molecule has 0 aromatic heterocycles. The SMILES string of the molecule is CC(=O)N1C=Cc2ccccc2C1CC(=O)Nc1ccc(NC(=O)C2CC2)cc1. The highest BCUT2D eigenvalue weighted by Gasteiger charge is 2.30.